The van der Waals surface area contributed by atoms with Crippen LogP contribution in [0.25, 0.3) is 0 Å². The lowest BCUT2D eigenvalue weighted by atomic mass is 10.1. The second kappa shape index (κ2) is 9.55. The van der Waals surface area contributed by atoms with Gasteiger partial charge in [-0.05, 0) is 69.1 Å². The maximum atomic E-state index is 12.8. The first-order valence-electron chi connectivity index (χ1n) is 9.80. The van der Waals surface area contributed by atoms with Crippen LogP contribution in [0.15, 0.2) is 16.8 Å². The van der Waals surface area contributed by atoms with Gasteiger partial charge < -0.3 is 10.1 Å². The van der Waals surface area contributed by atoms with Crippen molar-refractivity contribution in [1.82, 2.24) is 15.1 Å². The number of carbonyl (C=O) groups is 2. The normalized spacial score (nSPS) is 18.6. The topological polar surface area (TPSA) is 61.9 Å². The van der Waals surface area contributed by atoms with Gasteiger partial charge in [0.05, 0.1) is 6.04 Å². The third kappa shape index (κ3) is 5.94. The number of nitrogens with one attached hydrogen (secondary N) is 1. The Morgan fingerprint density at radius 3 is 2.63 bits per heavy atom. The van der Waals surface area contributed by atoms with Crippen molar-refractivity contribution in [1.29, 1.82) is 0 Å². The zero-order valence-corrected chi connectivity index (χ0v) is 18.0. The van der Waals surface area contributed by atoms with Crippen LogP contribution >= 0.6 is 11.3 Å². The van der Waals surface area contributed by atoms with Crippen molar-refractivity contribution in [3.8, 4) is 0 Å². The van der Waals surface area contributed by atoms with E-state index in [9.17, 15) is 9.59 Å². The van der Waals surface area contributed by atoms with Crippen LogP contribution in [0.5, 0.6) is 0 Å². The summed E-state index contributed by atoms with van der Waals surface area (Å²) in [5, 5.41) is 7.29. The molecule has 6 nitrogen and oxygen atoms in total. The molecule has 1 saturated heterocycles. The molecule has 1 aromatic heterocycles. The Morgan fingerprint density at radius 2 is 2.07 bits per heavy atom. The van der Waals surface area contributed by atoms with Gasteiger partial charge in [0.25, 0.3) is 0 Å². The van der Waals surface area contributed by atoms with E-state index in [1.807, 2.05) is 20.8 Å². The van der Waals surface area contributed by atoms with Crippen LogP contribution in [0.4, 0.5) is 4.79 Å². The second-order valence-corrected chi connectivity index (χ2v) is 8.65. The van der Waals surface area contributed by atoms with Crippen molar-refractivity contribution in [2.24, 2.45) is 0 Å². The molecule has 0 aromatic carbocycles. The maximum Gasteiger partial charge on any atom is 0.410 e. The summed E-state index contributed by atoms with van der Waals surface area (Å²) in [5.41, 5.74) is 0.660. The predicted octanol–water partition coefficient (Wildman–Crippen LogP) is 3.65. The summed E-state index contributed by atoms with van der Waals surface area (Å²) in [4.78, 5) is 29.1. The van der Waals surface area contributed by atoms with Crippen LogP contribution in [0.2, 0.25) is 0 Å². The Kier molecular flexibility index (Phi) is 7.68. The first-order chi connectivity index (χ1) is 12.8. The van der Waals surface area contributed by atoms with E-state index in [0.29, 0.717) is 19.5 Å². The second-order valence-electron chi connectivity index (χ2n) is 7.87. The molecule has 0 bridgehead atoms. The number of rotatable bonds is 7. The molecule has 1 aliphatic rings. The van der Waals surface area contributed by atoms with Crippen LogP contribution in [0.3, 0.4) is 0 Å². The van der Waals surface area contributed by atoms with Gasteiger partial charge in [-0.2, -0.15) is 11.3 Å². The Morgan fingerprint density at radius 1 is 1.37 bits per heavy atom. The third-order valence-electron chi connectivity index (χ3n) is 4.83. The largest absolute Gasteiger partial charge is 0.444 e. The summed E-state index contributed by atoms with van der Waals surface area (Å²) < 4.78 is 5.46. The number of amides is 2. The SMILES string of the molecule is CCN(CC)C(CNC(=O)[C@@H]1CCCN1C(=O)OC(C)(C)C)c1ccsc1. The third-order valence-corrected chi connectivity index (χ3v) is 5.54. The molecule has 1 aromatic rings. The fourth-order valence-electron chi connectivity index (χ4n) is 3.48. The number of thiophene rings is 1. The lowest BCUT2D eigenvalue weighted by Crippen LogP contribution is -2.49. The van der Waals surface area contributed by atoms with E-state index in [4.69, 9.17) is 4.74 Å². The zero-order valence-electron chi connectivity index (χ0n) is 17.2. The Labute approximate surface area is 166 Å². The highest BCUT2D eigenvalue weighted by molar-refractivity contribution is 7.07. The average Bonchev–Trinajstić information content (AvgIpc) is 3.28. The van der Waals surface area contributed by atoms with Gasteiger partial charge in [-0.1, -0.05) is 13.8 Å². The van der Waals surface area contributed by atoms with Gasteiger partial charge in [-0.25, -0.2) is 4.79 Å². The molecule has 1 unspecified atom stereocenters. The molecule has 2 amide bonds. The standard InChI is InChI=1S/C20H33N3O3S/c1-6-22(7-2)17(15-10-12-27-14-15)13-21-18(24)16-9-8-11-23(16)19(25)26-20(3,4)5/h10,12,14,16-17H,6-9,11,13H2,1-5H3,(H,21,24)/t16-,17?/m0/s1. The number of carbonyl (C=O) groups excluding carboxylic acids is 2. The van der Waals surface area contributed by atoms with Crippen LogP contribution in [0, 0.1) is 0 Å². The van der Waals surface area contributed by atoms with Crippen molar-refractivity contribution < 1.29 is 14.3 Å². The molecule has 1 N–H and O–H groups in total. The molecule has 0 spiro atoms. The Bertz CT molecular complexity index is 608. The molecule has 1 aliphatic heterocycles. The molecule has 2 heterocycles. The molecule has 2 rings (SSSR count). The summed E-state index contributed by atoms with van der Waals surface area (Å²) in [5.74, 6) is -0.0919. The Balaban J connectivity index is 2.01. The fourth-order valence-corrected chi connectivity index (χ4v) is 4.19. The van der Waals surface area contributed by atoms with Gasteiger partial charge in [-0.15, -0.1) is 0 Å². The highest BCUT2D eigenvalue weighted by Crippen LogP contribution is 2.24. The first-order valence-corrected chi connectivity index (χ1v) is 10.7. The number of hydrogen-bond acceptors (Lipinski definition) is 5. The van der Waals surface area contributed by atoms with Crippen LogP contribution in [-0.2, 0) is 9.53 Å². The highest BCUT2D eigenvalue weighted by Gasteiger charge is 2.36. The quantitative estimate of drug-likeness (QED) is 0.766. The zero-order chi connectivity index (χ0) is 20.0. The van der Waals surface area contributed by atoms with Gasteiger partial charge >= 0.3 is 6.09 Å². The van der Waals surface area contributed by atoms with Crippen molar-refractivity contribution in [3.05, 3.63) is 22.4 Å². The first kappa shape index (κ1) is 21.7. The van der Waals surface area contributed by atoms with Crippen molar-refractivity contribution >= 4 is 23.3 Å². The van der Waals surface area contributed by atoms with Gasteiger partial charge in [0.15, 0.2) is 0 Å². The van der Waals surface area contributed by atoms with E-state index in [1.165, 1.54) is 5.56 Å². The van der Waals surface area contributed by atoms with E-state index < -0.39 is 17.7 Å². The predicted molar refractivity (Wildman–Crippen MR) is 109 cm³/mol. The molecule has 27 heavy (non-hydrogen) atoms. The van der Waals surface area contributed by atoms with E-state index in [-0.39, 0.29) is 11.9 Å². The molecule has 1 fully saturated rings. The minimum Gasteiger partial charge on any atom is -0.444 e. The van der Waals surface area contributed by atoms with Gasteiger partial charge in [0, 0.05) is 13.1 Å². The number of hydrogen-bond donors (Lipinski definition) is 1. The molecule has 0 aliphatic carbocycles. The molecule has 7 heteroatoms. The van der Waals surface area contributed by atoms with Gasteiger partial charge in [0.2, 0.25) is 5.91 Å². The maximum absolute atomic E-state index is 12.8. The summed E-state index contributed by atoms with van der Waals surface area (Å²) >= 11 is 1.67. The molecule has 0 saturated carbocycles. The molecule has 0 radical (unpaired) electrons. The van der Waals surface area contributed by atoms with Crippen molar-refractivity contribution in [3.63, 3.8) is 0 Å². The van der Waals surface area contributed by atoms with Crippen LogP contribution in [0.1, 0.15) is 59.1 Å². The Hall–Kier alpha value is -1.60. The lowest BCUT2D eigenvalue weighted by molar-refractivity contribution is -0.125. The average molecular weight is 396 g/mol. The van der Waals surface area contributed by atoms with Gasteiger partial charge in [0.1, 0.15) is 11.6 Å². The van der Waals surface area contributed by atoms with E-state index in [0.717, 1.165) is 19.5 Å². The van der Waals surface area contributed by atoms with E-state index in [2.05, 4.69) is 40.9 Å². The number of nitrogens with zero attached hydrogens (tertiary/aromatic N) is 2. The fraction of sp³-hybridized carbons (Fsp3) is 0.700. The number of likely N-dealkylation sites (tertiary alicyclic amines) is 1. The van der Waals surface area contributed by atoms with E-state index >= 15 is 0 Å². The smallest absolute Gasteiger partial charge is 0.410 e. The summed E-state index contributed by atoms with van der Waals surface area (Å²) in [6.07, 6.45) is 1.10. The van der Waals surface area contributed by atoms with E-state index in [1.54, 1.807) is 16.2 Å². The monoisotopic (exact) mass is 395 g/mol. The number of ether oxygens (including phenoxy) is 1. The molecular weight excluding hydrogens is 362 g/mol. The van der Waals surface area contributed by atoms with Crippen LogP contribution < -0.4 is 5.32 Å². The van der Waals surface area contributed by atoms with Crippen LogP contribution in [-0.4, -0.2) is 59.6 Å². The lowest BCUT2D eigenvalue weighted by Gasteiger charge is -2.31. The minimum absolute atomic E-state index is 0.0919. The minimum atomic E-state index is -0.562. The molecule has 152 valence electrons. The summed E-state index contributed by atoms with van der Waals surface area (Å²) in [6.45, 7) is 12.7. The van der Waals surface area contributed by atoms with Crippen molar-refractivity contribution in [2.75, 3.05) is 26.2 Å². The molecule has 2 atom stereocenters. The molecular formula is C20H33N3O3S. The summed E-state index contributed by atoms with van der Waals surface area (Å²) in [6, 6.07) is 1.81. The van der Waals surface area contributed by atoms with Gasteiger partial charge in [-0.3, -0.25) is 14.6 Å². The summed E-state index contributed by atoms with van der Waals surface area (Å²) in [7, 11) is 0. The highest BCUT2D eigenvalue weighted by atomic mass is 32.1. The number of likely N-dealkylation sites (N-methyl/N-ethyl adjacent to an activating group) is 1. The van der Waals surface area contributed by atoms with Crippen molar-refractivity contribution in [2.45, 2.75) is 65.1 Å².